The van der Waals surface area contributed by atoms with E-state index in [1.54, 1.807) is 24.3 Å². The third-order valence-electron chi connectivity index (χ3n) is 5.12. The Balaban J connectivity index is 1.54. The lowest BCUT2D eigenvalue weighted by Gasteiger charge is -2.32. The Morgan fingerprint density at radius 3 is 2.78 bits per heavy atom. The third kappa shape index (κ3) is 3.62. The Morgan fingerprint density at radius 2 is 2.07 bits per heavy atom. The van der Waals surface area contributed by atoms with Crippen molar-refractivity contribution in [3.05, 3.63) is 53.2 Å². The molecule has 3 heterocycles. The quantitative estimate of drug-likeness (QED) is 0.700. The molecule has 2 aromatic rings. The molecule has 1 saturated heterocycles. The summed E-state index contributed by atoms with van der Waals surface area (Å²) in [5.74, 6) is 0.752. The van der Waals surface area contributed by atoms with E-state index < -0.39 is 0 Å². The summed E-state index contributed by atoms with van der Waals surface area (Å²) >= 11 is 0. The number of hydrogen-bond donors (Lipinski definition) is 2. The van der Waals surface area contributed by atoms with E-state index >= 15 is 0 Å². The van der Waals surface area contributed by atoms with Gasteiger partial charge < -0.3 is 24.3 Å². The highest BCUT2D eigenvalue weighted by Gasteiger charge is 2.31. The number of quaternary nitrogens is 1. The molecule has 0 aliphatic carbocycles. The summed E-state index contributed by atoms with van der Waals surface area (Å²) in [5.41, 5.74) is 0.982. The van der Waals surface area contributed by atoms with E-state index in [4.69, 9.17) is 14.3 Å². The Labute approximate surface area is 157 Å². The van der Waals surface area contributed by atoms with Crippen molar-refractivity contribution in [3.63, 3.8) is 0 Å². The number of nitrogens with zero attached hydrogens (tertiary/aromatic N) is 1. The number of ether oxygens (including phenoxy) is 1. The number of carbonyl (C=O) groups excluding carboxylic acids is 1. The highest BCUT2D eigenvalue weighted by molar-refractivity contribution is 6.14. The second-order valence-electron chi connectivity index (χ2n) is 6.87. The number of fused-ring (bicyclic) bond motifs is 1. The molecule has 0 atom stereocenters. The minimum absolute atomic E-state index is 0.105. The second-order valence-corrected chi connectivity index (χ2v) is 6.87. The Hall–Kier alpha value is -2.61. The van der Waals surface area contributed by atoms with Crippen LogP contribution in [0.1, 0.15) is 21.7 Å². The normalized spacial score (nSPS) is 19.4. The molecular formula is C20H22N2O5. The monoisotopic (exact) mass is 370 g/mol. The van der Waals surface area contributed by atoms with E-state index in [-0.39, 0.29) is 23.9 Å². The summed E-state index contributed by atoms with van der Waals surface area (Å²) in [4.78, 5) is 16.1. The number of piperazine rings is 1. The summed E-state index contributed by atoms with van der Waals surface area (Å²) < 4.78 is 11.1. The molecule has 2 N–H and O–H groups in total. The van der Waals surface area contributed by atoms with Crippen molar-refractivity contribution in [2.75, 3.05) is 39.3 Å². The lowest BCUT2D eigenvalue weighted by Crippen LogP contribution is -3.13. The van der Waals surface area contributed by atoms with Crippen LogP contribution in [0.25, 0.3) is 6.08 Å². The zero-order valence-electron chi connectivity index (χ0n) is 14.9. The topological polar surface area (TPSA) is 90.4 Å². The number of rotatable bonds is 5. The first-order valence-corrected chi connectivity index (χ1v) is 9.13. The van der Waals surface area contributed by atoms with Gasteiger partial charge in [-0.15, -0.1) is 0 Å². The van der Waals surface area contributed by atoms with Crippen molar-refractivity contribution in [2.45, 2.75) is 6.54 Å². The van der Waals surface area contributed by atoms with Gasteiger partial charge in [0.25, 0.3) is 0 Å². The van der Waals surface area contributed by atoms with Gasteiger partial charge in [0.2, 0.25) is 5.78 Å². The molecule has 0 spiro atoms. The average molecular weight is 370 g/mol. The number of benzene rings is 1. The first-order valence-electron chi connectivity index (χ1n) is 9.13. The number of β-amino-alcohol motifs (C(OH)–C–C–N with tert-alkyl or cyclic N) is 1. The Morgan fingerprint density at radius 1 is 1.26 bits per heavy atom. The number of nitrogens with one attached hydrogen (secondary N) is 1. The van der Waals surface area contributed by atoms with Crippen molar-refractivity contribution in [2.24, 2.45) is 0 Å². The van der Waals surface area contributed by atoms with Crippen LogP contribution in [0.5, 0.6) is 11.5 Å². The lowest BCUT2D eigenvalue weighted by molar-refractivity contribution is -0.918. The minimum atomic E-state index is -0.231. The van der Waals surface area contributed by atoms with Crippen molar-refractivity contribution in [3.8, 4) is 11.5 Å². The summed E-state index contributed by atoms with van der Waals surface area (Å²) in [6.07, 6.45) is 3.08. The van der Waals surface area contributed by atoms with Gasteiger partial charge in [0, 0.05) is 31.3 Å². The van der Waals surface area contributed by atoms with Crippen LogP contribution in [-0.4, -0.2) is 55.1 Å². The number of hydrogen-bond acceptors (Lipinski definition) is 6. The van der Waals surface area contributed by atoms with E-state index in [2.05, 4.69) is 4.90 Å². The molecule has 1 aromatic carbocycles. The highest BCUT2D eigenvalue weighted by atomic mass is 16.5. The van der Waals surface area contributed by atoms with Crippen LogP contribution in [0, 0.1) is 0 Å². The largest absolute Gasteiger partial charge is 0.872 e. The van der Waals surface area contributed by atoms with Crippen molar-refractivity contribution < 1.29 is 29.1 Å². The molecule has 7 nitrogen and oxygen atoms in total. The molecule has 0 radical (unpaired) electrons. The zero-order valence-corrected chi connectivity index (χ0v) is 14.9. The van der Waals surface area contributed by atoms with Crippen LogP contribution in [0.3, 0.4) is 0 Å². The number of allylic oxidation sites excluding steroid dienone is 1. The summed E-state index contributed by atoms with van der Waals surface area (Å²) in [6.45, 7) is 4.88. The first kappa shape index (κ1) is 17.8. The number of aliphatic hydroxyl groups excluding tert-OH is 1. The van der Waals surface area contributed by atoms with Gasteiger partial charge in [-0.2, -0.15) is 0 Å². The fourth-order valence-corrected chi connectivity index (χ4v) is 3.62. The minimum Gasteiger partial charge on any atom is -0.872 e. The first-order chi connectivity index (χ1) is 13.2. The Kier molecular flexibility index (Phi) is 4.98. The predicted octanol–water partition coefficient (Wildman–Crippen LogP) is -0.338. The summed E-state index contributed by atoms with van der Waals surface area (Å²) in [5, 5.41) is 21.5. The highest BCUT2D eigenvalue weighted by Crippen LogP contribution is 2.38. The molecule has 0 unspecified atom stereocenters. The number of furan rings is 1. The number of carbonyl (C=O) groups is 1. The SMILES string of the molecule is O=C1C(=Cc2ccco2)Oc2c1ccc([O-])c2C[NH+]1CCN(CCO)CC1. The van der Waals surface area contributed by atoms with Crippen LogP contribution in [0.4, 0.5) is 0 Å². The standard InChI is InChI=1S/C20H22N2O5/c23-10-9-21-5-7-22(8-6-21)13-16-17(24)4-3-15-19(25)18(27-20(15)16)12-14-2-1-11-26-14/h1-4,11-12,23-24H,5-10,13H2. The van der Waals surface area contributed by atoms with Crippen LogP contribution in [0.2, 0.25) is 0 Å². The molecule has 1 aromatic heterocycles. The van der Waals surface area contributed by atoms with E-state index in [0.717, 1.165) is 26.2 Å². The summed E-state index contributed by atoms with van der Waals surface area (Å²) in [7, 11) is 0. The van der Waals surface area contributed by atoms with Crippen LogP contribution in [0.15, 0.2) is 40.7 Å². The van der Waals surface area contributed by atoms with Crippen LogP contribution >= 0.6 is 0 Å². The van der Waals surface area contributed by atoms with E-state index in [1.807, 2.05) is 0 Å². The fourth-order valence-electron chi connectivity index (χ4n) is 3.62. The van der Waals surface area contributed by atoms with Gasteiger partial charge in [0.15, 0.2) is 5.76 Å². The Bertz CT molecular complexity index is 852. The lowest BCUT2D eigenvalue weighted by atomic mass is 10.0. The maximum Gasteiger partial charge on any atom is 0.232 e. The predicted molar refractivity (Wildman–Crippen MR) is 95.5 cm³/mol. The number of aliphatic hydroxyl groups is 1. The van der Waals surface area contributed by atoms with Crippen LogP contribution in [-0.2, 0) is 6.54 Å². The number of ketones is 1. The molecule has 4 rings (SSSR count). The third-order valence-corrected chi connectivity index (χ3v) is 5.12. The molecule has 7 heteroatoms. The molecule has 0 amide bonds. The van der Waals surface area contributed by atoms with Gasteiger partial charge in [-0.1, -0.05) is 11.8 Å². The van der Waals surface area contributed by atoms with Crippen molar-refractivity contribution in [1.82, 2.24) is 4.90 Å². The van der Waals surface area contributed by atoms with E-state index in [9.17, 15) is 9.90 Å². The maximum atomic E-state index is 12.6. The average Bonchev–Trinajstić information content (AvgIpc) is 3.28. The number of Topliss-reactive ketones (excluding diaryl/α,β-unsaturated/α-hetero) is 1. The zero-order chi connectivity index (χ0) is 18.8. The van der Waals surface area contributed by atoms with Crippen LogP contribution < -0.4 is 14.7 Å². The summed E-state index contributed by atoms with van der Waals surface area (Å²) in [6, 6.07) is 6.47. The van der Waals surface area contributed by atoms with Gasteiger partial charge >= 0.3 is 0 Å². The van der Waals surface area contributed by atoms with Gasteiger partial charge in [-0.3, -0.25) is 9.69 Å². The van der Waals surface area contributed by atoms with Gasteiger partial charge in [-0.25, -0.2) is 0 Å². The second kappa shape index (κ2) is 7.56. The molecule has 0 saturated carbocycles. The van der Waals surface area contributed by atoms with E-state index in [0.29, 0.717) is 35.7 Å². The van der Waals surface area contributed by atoms with Gasteiger partial charge in [0.05, 0.1) is 31.5 Å². The molecule has 0 bridgehead atoms. The smallest absolute Gasteiger partial charge is 0.232 e. The van der Waals surface area contributed by atoms with Gasteiger partial charge in [-0.05, 0) is 18.2 Å². The van der Waals surface area contributed by atoms with Gasteiger partial charge in [0.1, 0.15) is 18.1 Å². The fraction of sp³-hybridized carbons (Fsp3) is 0.350. The maximum absolute atomic E-state index is 12.6. The molecule has 142 valence electrons. The molecule has 27 heavy (non-hydrogen) atoms. The molecular weight excluding hydrogens is 348 g/mol. The molecule has 2 aliphatic heterocycles. The van der Waals surface area contributed by atoms with E-state index in [1.165, 1.54) is 17.2 Å². The van der Waals surface area contributed by atoms with Crippen molar-refractivity contribution >= 4 is 11.9 Å². The molecule has 1 fully saturated rings. The molecule has 2 aliphatic rings. The van der Waals surface area contributed by atoms with Crippen molar-refractivity contribution in [1.29, 1.82) is 0 Å².